The second-order valence-electron chi connectivity index (χ2n) is 5.70. The van der Waals surface area contributed by atoms with Gasteiger partial charge in [0.1, 0.15) is 0 Å². The number of carbonyl (C=O) groups excluding carboxylic acids is 2. The maximum absolute atomic E-state index is 12.7. The molecule has 1 amide bonds. The molecule has 1 heterocycles. The average molecular weight is 368 g/mol. The monoisotopic (exact) mass is 368 g/mol. The van der Waals surface area contributed by atoms with E-state index in [9.17, 15) is 14.7 Å². The van der Waals surface area contributed by atoms with E-state index in [2.05, 4.69) is 0 Å². The Kier molecular flexibility index (Phi) is 4.74. The van der Waals surface area contributed by atoms with E-state index in [-0.39, 0.29) is 11.5 Å². The van der Waals surface area contributed by atoms with E-state index >= 15 is 0 Å². The summed E-state index contributed by atoms with van der Waals surface area (Å²) >= 11 is 6.60. The third-order valence-electron chi connectivity index (χ3n) is 3.99. The van der Waals surface area contributed by atoms with Crippen LogP contribution in [0.15, 0.2) is 47.4 Å². The van der Waals surface area contributed by atoms with Crippen molar-refractivity contribution in [3.05, 3.63) is 69.6 Å². The number of amides is 1. The normalized spacial score (nSPS) is 15.9. The van der Waals surface area contributed by atoms with E-state index in [4.69, 9.17) is 12.2 Å². The van der Waals surface area contributed by atoms with Crippen LogP contribution in [0, 0.1) is 13.8 Å². The molecule has 0 atom stereocenters. The largest absolute Gasteiger partial charge is 0.545 e. The highest BCUT2D eigenvalue weighted by Crippen LogP contribution is 2.36. The number of thioether (sulfide) groups is 1. The first-order chi connectivity index (χ1) is 11.9. The van der Waals surface area contributed by atoms with Gasteiger partial charge in [0.25, 0.3) is 5.91 Å². The van der Waals surface area contributed by atoms with Crippen LogP contribution in [-0.2, 0) is 4.79 Å². The van der Waals surface area contributed by atoms with Crippen molar-refractivity contribution in [2.24, 2.45) is 0 Å². The molecule has 25 heavy (non-hydrogen) atoms. The number of thiocarbonyl (C=S) groups is 1. The molecule has 6 heteroatoms. The van der Waals surface area contributed by atoms with Crippen LogP contribution in [0.25, 0.3) is 6.08 Å². The van der Waals surface area contributed by atoms with E-state index < -0.39 is 5.97 Å². The molecule has 1 fully saturated rings. The smallest absolute Gasteiger partial charge is 0.270 e. The molecule has 0 aromatic heterocycles. The van der Waals surface area contributed by atoms with Gasteiger partial charge in [-0.1, -0.05) is 54.3 Å². The van der Waals surface area contributed by atoms with Crippen LogP contribution < -0.4 is 10.0 Å². The molecule has 0 unspecified atom stereocenters. The van der Waals surface area contributed by atoms with Gasteiger partial charge in [-0.2, -0.15) is 0 Å². The molecule has 0 bridgehead atoms. The Morgan fingerprint density at radius 1 is 1.12 bits per heavy atom. The molecule has 1 aliphatic heterocycles. The summed E-state index contributed by atoms with van der Waals surface area (Å²) in [5.74, 6) is -1.41. The molecule has 0 N–H and O–H groups in total. The van der Waals surface area contributed by atoms with Crippen LogP contribution >= 0.6 is 24.0 Å². The van der Waals surface area contributed by atoms with E-state index in [0.29, 0.717) is 9.23 Å². The summed E-state index contributed by atoms with van der Waals surface area (Å²) in [6.07, 6.45) is 1.71. The molecular formula is C19H14NO3S2-. The van der Waals surface area contributed by atoms with Gasteiger partial charge >= 0.3 is 0 Å². The van der Waals surface area contributed by atoms with Crippen molar-refractivity contribution in [1.29, 1.82) is 0 Å². The van der Waals surface area contributed by atoms with E-state index in [0.717, 1.165) is 22.4 Å². The molecule has 0 saturated carbocycles. The van der Waals surface area contributed by atoms with Crippen LogP contribution in [0.2, 0.25) is 0 Å². The molecule has 0 spiro atoms. The van der Waals surface area contributed by atoms with Gasteiger partial charge in [-0.3, -0.25) is 9.69 Å². The minimum atomic E-state index is -1.23. The summed E-state index contributed by atoms with van der Waals surface area (Å²) in [6.45, 7) is 4.00. The van der Waals surface area contributed by atoms with E-state index in [1.807, 2.05) is 32.0 Å². The predicted molar refractivity (Wildman–Crippen MR) is 102 cm³/mol. The summed E-state index contributed by atoms with van der Waals surface area (Å²) in [5.41, 5.74) is 3.82. The number of carbonyl (C=O) groups is 2. The number of anilines is 1. The maximum Gasteiger partial charge on any atom is 0.270 e. The summed E-state index contributed by atoms with van der Waals surface area (Å²) in [5, 5.41) is 10.8. The zero-order chi connectivity index (χ0) is 18.1. The minimum Gasteiger partial charge on any atom is -0.545 e. The Hall–Kier alpha value is -2.44. The molecule has 0 radical (unpaired) electrons. The number of rotatable bonds is 3. The van der Waals surface area contributed by atoms with Gasteiger partial charge in [0, 0.05) is 0 Å². The number of hydrogen-bond acceptors (Lipinski definition) is 5. The van der Waals surface area contributed by atoms with Gasteiger partial charge in [0.2, 0.25) is 0 Å². The van der Waals surface area contributed by atoms with Gasteiger partial charge in [-0.25, -0.2) is 0 Å². The number of carboxylic acid groups (broad SMARTS) is 1. The Bertz CT molecular complexity index is 917. The predicted octanol–water partition coefficient (Wildman–Crippen LogP) is 3.07. The topological polar surface area (TPSA) is 60.4 Å². The van der Waals surface area contributed by atoms with Gasteiger partial charge < -0.3 is 9.90 Å². The first kappa shape index (κ1) is 17.4. The lowest BCUT2D eigenvalue weighted by molar-refractivity contribution is -0.255. The van der Waals surface area contributed by atoms with Crippen LogP contribution in [-0.4, -0.2) is 16.2 Å². The number of nitrogens with zero attached hydrogens (tertiary/aromatic N) is 1. The molecule has 1 saturated heterocycles. The summed E-state index contributed by atoms with van der Waals surface area (Å²) in [6, 6.07) is 12.0. The Balaban J connectivity index is 1.90. The summed E-state index contributed by atoms with van der Waals surface area (Å²) in [4.78, 5) is 25.6. The van der Waals surface area contributed by atoms with Gasteiger partial charge in [0.05, 0.1) is 16.6 Å². The average Bonchev–Trinajstić information content (AvgIpc) is 2.85. The maximum atomic E-state index is 12.7. The van der Waals surface area contributed by atoms with E-state index in [1.54, 1.807) is 18.2 Å². The fourth-order valence-electron chi connectivity index (χ4n) is 2.42. The quantitative estimate of drug-likeness (QED) is 0.615. The highest BCUT2D eigenvalue weighted by atomic mass is 32.2. The van der Waals surface area contributed by atoms with Gasteiger partial charge in [-0.15, -0.1) is 0 Å². The second kappa shape index (κ2) is 6.82. The van der Waals surface area contributed by atoms with Crippen molar-refractivity contribution in [2.75, 3.05) is 4.90 Å². The highest BCUT2D eigenvalue weighted by Gasteiger charge is 2.33. The fourth-order valence-corrected chi connectivity index (χ4v) is 3.72. The van der Waals surface area contributed by atoms with Crippen LogP contribution in [0.3, 0.4) is 0 Å². The molecule has 3 rings (SSSR count). The number of hydrogen-bond donors (Lipinski definition) is 0. The van der Waals surface area contributed by atoms with Crippen molar-refractivity contribution < 1.29 is 14.7 Å². The lowest BCUT2D eigenvalue weighted by atomic mass is 10.1. The zero-order valence-electron chi connectivity index (χ0n) is 13.6. The van der Waals surface area contributed by atoms with E-state index in [1.165, 1.54) is 28.8 Å². The van der Waals surface area contributed by atoms with Crippen molar-refractivity contribution >= 4 is 51.9 Å². The van der Waals surface area contributed by atoms with Crippen molar-refractivity contribution in [2.45, 2.75) is 13.8 Å². The summed E-state index contributed by atoms with van der Waals surface area (Å²) < 4.78 is 0.478. The Labute approximate surface area is 155 Å². The molecule has 0 aliphatic carbocycles. The van der Waals surface area contributed by atoms with Crippen molar-refractivity contribution in [3.63, 3.8) is 0 Å². The number of aromatic carboxylic acids is 1. The first-order valence-corrected chi connectivity index (χ1v) is 8.76. The van der Waals surface area contributed by atoms with Crippen LogP contribution in [0.1, 0.15) is 27.0 Å². The Morgan fingerprint density at radius 2 is 1.80 bits per heavy atom. The second-order valence-corrected chi connectivity index (χ2v) is 7.37. The zero-order valence-corrected chi connectivity index (χ0v) is 15.2. The minimum absolute atomic E-state index is 0.0971. The third kappa shape index (κ3) is 3.50. The third-order valence-corrected chi connectivity index (χ3v) is 5.29. The molecule has 1 aliphatic rings. The molecule has 126 valence electrons. The molecular weight excluding hydrogens is 354 g/mol. The SMILES string of the molecule is Cc1ccc(N2C(=O)/C(=C\c3ccc(C(=O)[O-])cc3)SC2=S)cc1C. The molecule has 2 aromatic carbocycles. The first-order valence-electron chi connectivity index (χ1n) is 7.53. The van der Waals surface area contributed by atoms with Gasteiger partial charge in [0.15, 0.2) is 4.32 Å². The van der Waals surface area contributed by atoms with Crippen LogP contribution in [0.4, 0.5) is 5.69 Å². The van der Waals surface area contributed by atoms with Crippen molar-refractivity contribution in [3.8, 4) is 0 Å². The van der Waals surface area contributed by atoms with Crippen molar-refractivity contribution in [1.82, 2.24) is 0 Å². The lowest BCUT2D eigenvalue weighted by Crippen LogP contribution is -2.27. The highest BCUT2D eigenvalue weighted by molar-refractivity contribution is 8.27. The number of carboxylic acids is 1. The standard InChI is InChI=1S/C19H15NO3S2/c1-11-3-8-15(9-12(11)2)20-17(21)16(25-19(20)24)10-13-4-6-14(7-5-13)18(22)23/h3-10H,1-2H3,(H,22,23)/p-1/b16-10+. The van der Waals surface area contributed by atoms with Crippen LogP contribution in [0.5, 0.6) is 0 Å². The molecule has 2 aromatic rings. The summed E-state index contributed by atoms with van der Waals surface area (Å²) in [7, 11) is 0. The van der Waals surface area contributed by atoms with Gasteiger partial charge in [-0.05, 0) is 54.3 Å². The molecule has 4 nitrogen and oxygen atoms in total. The Morgan fingerprint density at radius 3 is 2.40 bits per heavy atom. The number of benzene rings is 2. The fraction of sp³-hybridized carbons (Fsp3) is 0.105. The number of aryl methyl sites for hydroxylation is 2. The lowest BCUT2D eigenvalue weighted by Gasteiger charge is -2.15.